The van der Waals surface area contributed by atoms with Gasteiger partial charge in [-0.25, -0.2) is 9.37 Å². The van der Waals surface area contributed by atoms with Crippen LogP contribution in [0.3, 0.4) is 0 Å². The largest absolute Gasteiger partial charge is 0.494 e. The number of methoxy groups -OCH3 is 1. The number of rotatable bonds is 4. The molecule has 0 bridgehead atoms. The molecule has 0 atom stereocenters. The number of nitrogens with zero attached hydrogens (tertiary/aromatic N) is 2. The van der Waals surface area contributed by atoms with Crippen LogP contribution in [0.5, 0.6) is 5.75 Å². The molecule has 1 aliphatic heterocycles. The topological polar surface area (TPSA) is 58.2 Å². The number of aromatic amines is 1. The lowest BCUT2D eigenvalue weighted by Gasteiger charge is -2.27. The maximum absolute atomic E-state index is 13.5. The Morgan fingerprint density at radius 2 is 2.25 bits per heavy atom. The van der Waals surface area contributed by atoms with E-state index in [-0.39, 0.29) is 17.1 Å². The summed E-state index contributed by atoms with van der Waals surface area (Å²) < 4.78 is 18.5. The second-order valence-electron chi connectivity index (χ2n) is 6.58. The van der Waals surface area contributed by atoms with Crippen molar-refractivity contribution in [1.29, 1.82) is 0 Å². The van der Waals surface area contributed by atoms with Crippen LogP contribution in [0.2, 0.25) is 0 Å². The quantitative estimate of drug-likeness (QED) is 0.935. The van der Waals surface area contributed by atoms with Gasteiger partial charge in [0, 0.05) is 32.0 Å². The fourth-order valence-corrected chi connectivity index (χ4v) is 3.25. The monoisotopic (exact) mass is 329 g/mol. The Morgan fingerprint density at radius 3 is 3.00 bits per heavy atom. The zero-order valence-electron chi connectivity index (χ0n) is 13.6. The van der Waals surface area contributed by atoms with E-state index in [1.807, 2.05) is 0 Å². The number of aromatic nitrogens is 2. The molecule has 0 spiro atoms. The summed E-state index contributed by atoms with van der Waals surface area (Å²) in [5, 5.41) is 0. The molecule has 2 aliphatic rings. The van der Waals surface area contributed by atoms with Gasteiger partial charge in [-0.1, -0.05) is 6.07 Å². The van der Waals surface area contributed by atoms with Crippen molar-refractivity contribution in [3.63, 3.8) is 0 Å². The van der Waals surface area contributed by atoms with E-state index in [4.69, 9.17) is 4.74 Å². The Morgan fingerprint density at radius 1 is 1.42 bits per heavy atom. The number of nitrogens with one attached hydrogen (secondary N) is 1. The van der Waals surface area contributed by atoms with Crippen molar-refractivity contribution < 1.29 is 9.13 Å². The summed E-state index contributed by atoms with van der Waals surface area (Å²) >= 11 is 0. The van der Waals surface area contributed by atoms with E-state index in [0.29, 0.717) is 19.0 Å². The van der Waals surface area contributed by atoms with Crippen LogP contribution in [0.15, 0.2) is 23.0 Å². The van der Waals surface area contributed by atoms with Crippen molar-refractivity contribution in [3.8, 4) is 5.75 Å². The molecule has 1 N–H and O–H groups in total. The molecule has 5 nitrogen and oxygen atoms in total. The number of hydrogen-bond acceptors (Lipinski definition) is 4. The van der Waals surface area contributed by atoms with Crippen molar-refractivity contribution in [1.82, 2.24) is 14.9 Å². The molecular weight excluding hydrogens is 309 g/mol. The van der Waals surface area contributed by atoms with E-state index in [9.17, 15) is 9.18 Å². The third kappa shape index (κ3) is 2.94. The molecule has 126 valence electrons. The minimum atomic E-state index is -0.363. The summed E-state index contributed by atoms with van der Waals surface area (Å²) in [4.78, 5) is 22.2. The van der Waals surface area contributed by atoms with Gasteiger partial charge in [-0.3, -0.25) is 9.69 Å². The van der Waals surface area contributed by atoms with E-state index in [1.54, 1.807) is 12.1 Å². The van der Waals surface area contributed by atoms with E-state index in [0.717, 1.165) is 48.5 Å². The molecule has 2 aromatic rings. The highest BCUT2D eigenvalue weighted by Crippen LogP contribution is 2.37. The fourth-order valence-electron chi connectivity index (χ4n) is 3.25. The highest BCUT2D eigenvalue weighted by molar-refractivity contribution is 5.30. The first-order valence-corrected chi connectivity index (χ1v) is 8.31. The molecule has 0 amide bonds. The maximum atomic E-state index is 13.5. The van der Waals surface area contributed by atoms with Crippen molar-refractivity contribution in [2.45, 2.75) is 38.3 Å². The van der Waals surface area contributed by atoms with Crippen molar-refractivity contribution in [2.75, 3.05) is 13.7 Å². The van der Waals surface area contributed by atoms with Crippen molar-refractivity contribution in [2.24, 2.45) is 0 Å². The number of fused-ring (bicyclic) bond motifs is 1. The van der Waals surface area contributed by atoms with Gasteiger partial charge in [0.2, 0.25) is 0 Å². The maximum Gasteiger partial charge on any atom is 0.255 e. The molecule has 6 heteroatoms. The van der Waals surface area contributed by atoms with Crippen LogP contribution in [0.25, 0.3) is 0 Å². The van der Waals surface area contributed by atoms with Crippen molar-refractivity contribution >= 4 is 0 Å². The average Bonchev–Trinajstić information content (AvgIpc) is 3.42. The number of hydrogen-bond donors (Lipinski definition) is 1. The second kappa shape index (κ2) is 6.02. The standard InChI is InChI=1S/C18H20FN3O2/c1-24-16-8-11(2-5-14(16)19)9-22-7-6-15-13(10-22)18(23)21-17(20-15)12-3-4-12/h2,5,8,12H,3-4,6-7,9-10H2,1H3,(H,20,21,23). The van der Waals surface area contributed by atoms with Crippen LogP contribution < -0.4 is 10.3 Å². The minimum absolute atomic E-state index is 0.0108. The van der Waals surface area contributed by atoms with Crippen LogP contribution in [-0.2, 0) is 19.5 Å². The average molecular weight is 329 g/mol. The van der Waals surface area contributed by atoms with E-state index >= 15 is 0 Å². The number of H-pyrrole nitrogens is 1. The van der Waals surface area contributed by atoms with Gasteiger partial charge in [0.15, 0.2) is 11.6 Å². The van der Waals surface area contributed by atoms with Gasteiger partial charge in [-0.05, 0) is 30.5 Å². The Bertz CT molecular complexity index is 829. The Kier molecular flexibility index (Phi) is 3.84. The molecule has 1 fully saturated rings. The Labute approximate surface area is 139 Å². The number of ether oxygens (including phenoxy) is 1. The highest BCUT2D eigenvalue weighted by Gasteiger charge is 2.29. The van der Waals surface area contributed by atoms with Crippen LogP contribution in [0.1, 0.15) is 41.4 Å². The zero-order valence-corrected chi connectivity index (χ0v) is 13.6. The van der Waals surface area contributed by atoms with Crippen molar-refractivity contribution in [3.05, 3.63) is 57.0 Å². The molecule has 24 heavy (non-hydrogen) atoms. The third-order valence-corrected chi connectivity index (χ3v) is 4.75. The van der Waals surface area contributed by atoms with Gasteiger partial charge in [0.25, 0.3) is 5.56 Å². The van der Waals surface area contributed by atoms with Crippen LogP contribution >= 0.6 is 0 Å². The normalized spacial score (nSPS) is 17.6. The van der Waals surface area contributed by atoms with Gasteiger partial charge < -0.3 is 9.72 Å². The lowest BCUT2D eigenvalue weighted by molar-refractivity contribution is 0.241. The third-order valence-electron chi connectivity index (χ3n) is 4.75. The minimum Gasteiger partial charge on any atom is -0.494 e. The molecule has 0 radical (unpaired) electrons. The smallest absolute Gasteiger partial charge is 0.255 e. The first-order chi connectivity index (χ1) is 11.6. The summed E-state index contributed by atoms with van der Waals surface area (Å²) in [6.45, 7) is 2.06. The predicted molar refractivity (Wildman–Crippen MR) is 87.6 cm³/mol. The molecule has 0 saturated heterocycles. The zero-order chi connectivity index (χ0) is 16.7. The lowest BCUT2D eigenvalue weighted by Crippen LogP contribution is -2.35. The molecule has 4 rings (SSSR count). The van der Waals surface area contributed by atoms with E-state index in [2.05, 4.69) is 14.9 Å². The van der Waals surface area contributed by atoms with Crippen LogP contribution in [-0.4, -0.2) is 28.5 Å². The number of benzene rings is 1. The fraction of sp³-hybridized carbons (Fsp3) is 0.444. The van der Waals surface area contributed by atoms with Gasteiger partial charge in [0.1, 0.15) is 5.82 Å². The van der Waals surface area contributed by atoms with E-state index < -0.39 is 0 Å². The molecule has 2 heterocycles. The summed E-state index contributed by atoms with van der Waals surface area (Å²) in [7, 11) is 1.46. The summed E-state index contributed by atoms with van der Waals surface area (Å²) in [6, 6.07) is 4.89. The van der Waals surface area contributed by atoms with Gasteiger partial charge in [-0.15, -0.1) is 0 Å². The highest BCUT2D eigenvalue weighted by atomic mass is 19.1. The SMILES string of the molecule is COc1cc(CN2CCc3nc(C4CC4)[nH]c(=O)c3C2)ccc1F. The van der Waals surface area contributed by atoms with Crippen LogP contribution in [0, 0.1) is 5.82 Å². The molecular formula is C18H20FN3O2. The summed E-state index contributed by atoms with van der Waals surface area (Å²) in [5.74, 6) is 1.19. The second-order valence-corrected chi connectivity index (χ2v) is 6.58. The Hall–Kier alpha value is -2.21. The first-order valence-electron chi connectivity index (χ1n) is 8.31. The summed E-state index contributed by atoms with van der Waals surface area (Å²) in [6.07, 6.45) is 3.03. The van der Waals surface area contributed by atoms with Gasteiger partial charge in [0.05, 0.1) is 18.4 Å². The lowest BCUT2D eigenvalue weighted by atomic mass is 10.1. The first kappa shape index (κ1) is 15.3. The molecule has 1 aromatic heterocycles. The predicted octanol–water partition coefficient (Wildman–Crippen LogP) is 2.35. The molecule has 1 aromatic carbocycles. The summed E-state index contributed by atoms with van der Waals surface area (Å²) in [5.41, 5.74) is 2.66. The Balaban J connectivity index is 1.53. The molecule has 1 aliphatic carbocycles. The van der Waals surface area contributed by atoms with Gasteiger partial charge >= 0.3 is 0 Å². The van der Waals surface area contributed by atoms with Crippen LogP contribution in [0.4, 0.5) is 4.39 Å². The molecule has 1 saturated carbocycles. The van der Waals surface area contributed by atoms with Gasteiger partial charge in [-0.2, -0.15) is 0 Å². The molecule has 0 unspecified atom stereocenters. The van der Waals surface area contributed by atoms with E-state index in [1.165, 1.54) is 13.2 Å². The number of halogens is 1.